The van der Waals surface area contributed by atoms with E-state index in [1.165, 1.54) is 38.2 Å². The van der Waals surface area contributed by atoms with Crippen molar-refractivity contribution < 1.29 is 0 Å². The molecule has 0 amide bonds. The number of aryl methyl sites for hydroxylation is 1. The number of rotatable bonds is 2. The molecule has 0 radical (unpaired) electrons. The molecule has 28 heavy (non-hydrogen) atoms. The third kappa shape index (κ3) is 3.82. The van der Waals surface area contributed by atoms with Crippen molar-refractivity contribution in [3.63, 3.8) is 0 Å². The smallest absolute Gasteiger partial charge is 0.0105 e. The molecule has 5 aromatic carbocycles. The van der Waals surface area contributed by atoms with Gasteiger partial charge in [-0.3, -0.25) is 0 Å². The molecule has 0 nitrogen and oxygen atoms in total. The summed E-state index contributed by atoms with van der Waals surface area (Å²) in [4.78, 5) is 0. The second kappa shape index (κ2) is 8.54. The van der Waals surface area contributed by atoms with Crippen molar-refractivity contribution in [3.8, 4) is 11.1 Å². The zero-order valence-corrected chi connectivity index (χ0v) is 16.2. The Labute approximate surface area is 167 Å². The fourth-order valence-electron chi connectivity index (χ4n) is 3.70. The average molecular weight is 361 g/mol. The van der Waals surface area contributed by atoms with Crippen LogP contribution in [0.1, 0.15) is 12.5 Å². The van der Waals surface area contributed by atoms with Gasteiger partial charge >= 0.3 is 0 Å². The van der Waals surface area contributed by atoms with Crippen molar-refractivity contribution in [1.29, 1.82) is 0 Å². The van der Waals surface area contributed by atoms with E-state index in [9.17, 15) is 0 Å². The lowest BCUT2D eigenvalue weighted by Gasteiger charge is -2.06. The standard InChI is InChI=1S/C16H12.C12H12/c1-2-7-13(8-3-1)16-12-6-10-14-9-4-5-11-15(14)16;1-2-10-7-5-8-11-6-3-4-9-12(10)11/h1-12H;3-9H,2H2,1H3. The van der Waals surface area contributed by atoms with Gasteiger partial charge in [-0.2, -0.15) is 0 Å². The zero-order chi connectivity index (χ0) is 19.2. The number of hydrogen-bond acceptors (Lipinski definition) is 0. The highest BCUT2D eigenvalue weighted by atomic mass is 14.1. The number of benzene rings is 5. The Bertz CT molecular complexity index is 1180. The van der Waals surface area contributed by atoms with Crippen LogP contribution in [0.15, 0.2) is 115 Å². The van der Waals surface area contributed by atoms with Gasteiger partial charge in [0.2, 0.25) is 0 Å². The summed E-state index contributed by atoms with van der Waals surface area (Å²) in [5.74, 6) is 0. The van der Waals surface area contributed by atoms with Crippen LogP contribution in [0.2, 0.25) is 0 Å². The molecule has 0 fully saturated rings. The van der Waals surface area contributed by atoms with Crippen LogP contribution < -0.4 is 0 Å². The van der Waals surface area contributed by atoms with Gasteiger partial charge < -0.3 is 0 Å². The molecule has 0 bridgehead atoms. The summed E-state index contributed by atoms with van der Waals surface area (Å²) < 4.78 is 0. The van der Waals surface area contributed by atoms with Crippen LogP contribution in [0.5, 0.6) is 0 Å². The summed E-state index contributed by atoms with van der Waals surface area (Å²) >= 11 is 0. The molecular weight excluding hydrogens is 336 g/mol. The molecule has 0 unspecified atom stereocenters. The lowest BCUT2D eigenvalue weighted by atomic mass is 9.98. The molecular formula is C28H24. The number of hydrogen-bond donors (Lipinski definition) is 0. The summed E-state index contributed by atoms with van der Waals surface area (Å²) in [6.07, 6.45) is 1.11. The number of fused-ring (bicyclic) bond motifs is 2. The highest BCUT2D eigenvalue weighted by Crippen LogP contribution is 2.28. The Balaban J connectivity index is 0.000000143. The van der Waals surface area contributed by atoms with Crippen molar-refractivity contribution in [1.82, 2.24) is 0 Å². The van der Waals surface area contributed by atoms with E-state index in [1.807, 2.05) is 0 Å². The van der Waals surface area contributed by atoms with Crippen LogP contribution in [0.4, 0.5) is 0 Å². The molecule has 5 aromatic rings. The van der Waals surface area contributed by atoms with E-state index in [2.05, 4.69) is 122 Å². The highest BCUT2D eigenvalue weighted by Gasteiger charge is 2.01. The molecule has 5 rings (SSSR count). The molecule has 0 saturated heterocycles. The third-order valence-corrected chi connectivity index (χ3v) is 5.14. The Morgan fingerprint density at radius 2 is 1.00 bits per heavy atom. The molecule has 0 heterocycles. The fraction of sp³-hybridized carbons (Fsp3) is 0.0714. The van der Waals surface area contributed by atoms with Gasteiger partial charge in [0.1, 0.15) is 0 Å². The largest absolute Gasteiger partial charge is 0.0622 e. The molecule has 0 spiro atoms. The van der Waals surface area contributed by atoms with Crippen molar-refractivity contribution in [2.75, 3.05) is 0 Å². The first-order chi connectivity index (χ1) is 13.9. The minimum Gasteiger partial charge on any atom is -0.0622 e. The van der Waals surface area contributed by atoms with E-state index in [1.54, 1.807) is 0 Å². The summed E-state index contributed by atoms with van der Waals surface area (Å²) in [6, 6.07) is 40.5. The van der Waals surface area contributed by atoms with Gasteiger partial charge in [0.15, 0.2) is 0 Å². The van der Waals surface area contributed by atoms with Gasteiger partial charge in [-0.15, -0.1) is 0 Å². The molecule has 0 saturated carbocycles. The van der Waals surface area contributed by atoms with Gasteiger partial charge in [0.25, 0.3) is 0 Å². The Kier molecular flexibility index (Phi) is 5.49. The van der Waals surface area contributed by atoms with Gasteiger partial charge in [0.05, 0.1) is 0 Å². The van der Waals surface area contributed by atoms with Gasteiger partial charge in [-0.05, 0) is 44.7 Å². The van der Waals surface area contributed by atoms with E-state index in [-0.39, 0.29) is 0 Å². The lowest BCUT2D eigenvalue weighted by molar-refractivity contribution is 1.16. The second-order valence-corrected chi connectivity index (χ2v) is 6.88. The van der Waals surface area contributed by atoms with Gasteiger partial charge in [0, 0.05) is 0 Å². The topological polar surface area (TPSA) is 0 Å². The van der Waals surface area contributed by atoms with Crippen molar-refractivity contribution in [2.45, 2.75) is 13.3 Å². The fourth-order valence-corrected chi connectivity index (χ4v) is 3.70. The van der Waals surface area contributed by atoms with Crippen LogP contribution in [0.3, 0.4) is 0 Å². The van der Waals surface area contributed by atoms with E-state index in [0.717, 1.165) is 6.42 Å². The van der Waals surface area contributed by atoms with Gasteiger partial charge in [-0.25, -0.2) is 0 Å². The van der Waals surface area contributed by atoms with Crippen molar-refractivity contribution in [3.05, 3.63) is 121 Å². The van der Waals surface area contributed by atoms with Crippen LogP contribution >= 0.6 is 0 Å². The van der Waals surface area contributed by atoms with Crippen LogP contribution in [-0.4, -0.2) is 0 Å². The molecule has 0 aliphatic heterocycles. The SMILES string of the molecule is CCc1cccc2ccccc12.c1ccc(-c2cccc3ccccc23)cc1. The zero-order valence-electron chi connectivity index (χ0n) is 16.2. The lowest BCUT2D eigenvalue weighted by Crippen LogP contribution is -1.81. The van der Waals surface area contributed by atoms with E-state index >= 15 is 0 Å². The van der Waals surface area contributed by atoms with Crippen LogP contribution in [0, 0.1) is 0 Å². The maximum atomic E-state index is 2.20. The predicted molar refractivity (Wildman–Crippen MR) is 123 cm³/mol. The first-order valence-electron chi connectivity index (χ1n) is 9.86. The van der Waals surface area contributed by atoms with Crippen molar-refractivity contribution >= 4 is 21.5 Å². The Morgan fingerprint density at radius 3 is 1.71 bits per heavy atom. The maximum absolute atomic E-state index is 2.20. The molecule has 0 atom stereocenters. The Morgan fingerprint density at radius 1 is 0.464 bits per heavy atom. The molecule has 0 aromatic heterocycles. The summed E-state index contributed by atoms with van der Waals surface area (Å²) in [5.41, 5.74) is 4.02. The first kappa shape index (κ1) is 18.0. The van der Waals surface area contributed by atoms with E-state index in [0.29, 0.717) is 0 Å². The van der Waals surface area contributed by atoms with Crippen molar-refractivity contribution in [2.24, 2.45) is 0 Å². The average Bonchev–Trinajstić information content (AvgIpc) is 2.79. The minimum absolute atomic E-state index is 1.11. The van der Waals surface area contributed by atoms with Crippen LogP contribution in [0.25, 0.3) is 32.7 Å². The molecule has 0 N–H and O–H groups in total. The Hall–Kier alpha value is -3.38. The quantitative estimate of drug-likeness (QED) is 0.300. The summed E-state index contributed by atoms with van der Waals surface area (Å²) in [7, 11) is 0. The molecule has 0 aliphatic carbocycles. The second-order valence-electron chi connectivity index (χ2n) is 6.88. The summed E-state index contributed by atoms with van der Waals surface area (Å²) in [6.45, 7) is 2.20. The molecule has 0 aliphatic rings. The van der Waals surface area contributed by atoms with Crippen LogP contribution in [-0.2, 0) is 6.42 Å². The monoisotopic (exact) mass is 360 g/mol. The molecule has 0 heteroatoms. The molecule has 136 valence electrons. The minimum atomic E-state index is 1.11. The predicted octanol–water partition coefficient (Wildman–Crippen LogP) is 7.91. The maximum Gasteiger partial charge on any atom is -0.0105 e. The van der Waals surface area contributed by atoms with Gasteiger partial charge in [-0.1, -0.05) is 122 Å². The first-order valence-corrected chi connectivity index (χ1v) is 9.86. The van der Waals surface area contributed by atoms with E-state index in [4.69, 9.17) is 0 Å². The highest BCUT2D eigenvalue weighted by molar-refractivity contribution is 5.96. The third-order valence-electron chi connectivity index (χ3n) is 5.14. The summed E-state index contributed by atoms with van der Waals surface area (Å²) in [5, 5.41) is 5.35. The van der Waals surface area contributed by atoms with E-state index < -0.39 is 0 Å². The normalized spacial score (nSPS) is 10.5.